The van der Waals surface area contributed by atoms with Crippen LogP contribution < -0.4 is 5.73 Å². The van der Waals surface area contributed by atoms with Crippen molar-refractivity contribution in [3.05, 3.63) is 66.2 Å². The number of halogens is 4. The van der Waals surface area contributed by atoms with Crippen LogP contribution in [0, 0.1) is 3.57 Å². The predicted molar refractivity (Wildman–Crippen MR) is 86.7 cm³/mol. The second-order valence-electron chi connectivity index (χ2n) is 3.82. The van der Waals surface area contributed by atoms with Gasteiger partial charge in [-0.05, 0) is 58.0 Å². The number of benzene rings is 2. The van der Waals surface area contributed by atoms with E-state index in [1.54, 1.807) is 12.1 Å². The van der Waals surface area contributed by atoms with Crippen molar-refractivity contribution in [2.24, 2.45) is 5.73 Å². The molecule has 0 saturated heterocycles. The maximum Gasteiger partial charge on any atom is 0.0566 e. The Bertz CT molecular complexity index is 586. The van der Waals surface area contributed by atoms with Gasteiger partial charge in [-0.25, -0.2) is 0 Å². The Balaban J connectivity index is 2.41. The van der Waals surface area contributed by atoms with Gasteiger partial charge >= 0.3 is 0 Å². The predicted octanol–water partition coefficient (Wildman–Crippen LogP) is 5.30. The lowest BCUT2D eigenvalue weighted by Gasteiger charge is -2.15. The Morgan fingerprint density at radius 2 is 1.67 bits per heavy atom. The molecule has 5 heteroatoms. The Morgan fingerprint density at radius 1 is 0.944 bits per heavy atom. The van der Waals surface area contributed by atoms with Crippen LogP contribution in [-0.2, 0) is 0 Å². The van der Waals surface area contributed by atoms with E-state index in [4.69, 9.17) is 40.5 Å². The molecule has 2 rings (SSSR count). The average molecular weight is 412 g/mol. The van der Waals surface area contributed by atoms with Gasteiger partial charge in [0.1, 0.15) is 0 Å². The molecule has 0 aliphatic rings. The molecule has 0 heterocycles. The standard InChI is InChI=1S/C13H9Cl3IN/c14-8-2-3-9(10(15)6-8)13(18)7-1-4-12(17)11(16)5-7/h1-6,13H,18H2. The molecular weight excluding hydrogens is 403 g/mol. The highest BCUT2D eigenvalue weighted by molar-refractivity contribution is 14.1. The van der Waals surface area contributed by atoms with Crippen LogP contribution >= 0.6 is 57.4 Å². The van der Waals surface area contributed by atoms with Gasteiger partial charge in [-0.3, -0.25) is 0 Å². The summed E-state index contributed by atoms with van der Waals surface area (Å²) in [5.74, 6) is 0. The summed E-state index contributed by atoms with van der Waals surface area (Å²) in [6.07, 6.45) is 0. The second-order valence-corrected chi connectivity index (χ2v) is 6.23. The van der Waals surface area contributed by atoms with Crippen LogP contribution in [-0.4, -0.2) is 0 Å². The molecule has 0 bridgehead atoms. The molecule has 2 aromatic carbocycles. The van der Waals surface area contributed by atoms with Crippen LogP contribution in [0.4, 0.5) is 0 Å². The average Bonchev–Trinajstić information content (AvgIpc) is 2.32. The molecule has 0 spiro atoms. The lowest BCUT2D eigenvalue weighted by atomic mass is 10.00. The molecule has 1 unspecified atom stereocenters. The van der Waals surface area contributed by atoms with Crippen LogP contribution in [0.5, 0.6) is 0 Å². The van der Waals surface area contributed by atoms with Crippen LogP contribution in [0.25, 0.3) is 0 Å². The fraction of sp³-hybridized carbons (Fsp3) is 0.0769. The lowest BCUT2D eigenvalue weighted by Crippen LogP contribution is -2.12. The minimum atomic E-state index is -0.315. The monoisotopic (exact) mass is 411 g/mol. The van der Waals surface area contributed by atoms with Gasteiger partial charge in [0, 0.05) is 13.6 Å². The van der Waals surface area contributed by atoms with Gasteiger partial charge in [-0.2, -0.15) is 0 Å². The summed E-state index contributed by atoms with van der Waals surface area (Å²) in [7, 11) is 0. The summed E-state index contributed by atoms with van der Waals surface area (Å²) in [6.45, 7) is 0. The SMILES string of the molecule is NC(c1ccc(I)c(Cl)c1)c1ccc(Cl)cc1Cl. The third-order valence-electron chi connectivity index (χ3n) is 2.60. The molecule has 2 aromatic rings. The fourth-order valence-corrected chi connectivity index (χ4v) is 2.69. The first-order chi connectivity index (χ1) is 8.49. The van der Waals surface area contributed by atoms with Gasteiger partial charge in [0.25, 0.3) is 0 Å². The molecule has 2 N–H and O–H groups in total. The first kappa shape index (κ1) is 14.4. The maximum atomic E-state index is 6.20. The molecule has 0 aromatic heterocycles. The minimum Gasteiger partial charge on any atom is -0.320 e. The Kier molecular flexibility index (Phi) is 4.78. The molecule has 0 aliphatic carbocycles. The number of hydrogen-bond acceptors (Lipinski definition) is 1. The van der Waals surface area contributed by atoms with E-state index in [-0.39, 0.29) is 6.04 Å². The Labute approximate surface area is 134 Å². The smallest absolute Gasteiger partial charge is 0.0566 e. The van der Waals surface area contributed by atoms with Gasteiger partial charge in [0.15, 0.2) is 0 Å². The van der Waals surface area contributed by atoms with E-state index >= 15 is 0 Å². The maximum absolute atomic E-state index is 6.20. The number of hydrogen-bond donors (Lipinski definition) is 1. The van der Waals surface area contributed by atoms with Gasteiger partial charge in [0.05, 0.1) is 11.1 Å². The van der Waals surface area contributed by atoms with E-state index in [9.17, 15) is 0 Å². The third-order valence-corrected chi connectivity index (χ3v) is 4.73. The largest absolute Gasteiger partial charge is 0.320 e. The van der Waals surface area contributed by atoms with Gasteiger partial charge in [0.2, 0.25) is 0 Å². The molecule has 1 nitrogen and oxygen atoms in total. The zero-order valence-corrected chi connectivity index (χ0v) is 13.6. The van der Waals surface area contributed by atoms with Crippen molar-refractivity contribution in [3.63, 3.8) is 0 Å². The van der Waals surface area contributed by atoms with E-state index in [1.165, 1.54) is 0 Å². The van der Waals surface area contributed by atoms with E-state index in [2.05, 4.69) is 22.6 Å². The van der Waals surface area contributed by atoms with E-state index < -0.39 is 0 Å². The summed E-state index contributed by atoms with van der Waals surface area (Å²) in [5.41, 5.74) is 7.95. The summed E-state index contributed by atoms with van der Waals surface area (Å²) >= 11 is 20.3. The van der Waals surface area contributed by atoms with Gasteiger partial charge < -0.3 is 5.73 Å². The van der Waals surface area contributed by atoms with Crippen LogP contribution in [0.1, 0.15) is 17.2 Å². The highest BCUT2D eigenvalue weighted by atomic mass is 127. The zero-order valence-electron chi connectivity index (χ0n) is 9.13. The first-order valence-electron chi connectivity index (χ1n) is 5.14. The quantitative estimate of drug-likeness (QED) is 0.666. The van der Waals surface area contributed by atoms with Crippen molar-refractivity contribution in [3.8, 4) is 0 Å². The zero-order chi connectivity index (χ0) is 13.3. The van der Waals surface area contributed by atoms with Gasteiger partial charge in [-0.15, -0.1) is 0 Å². The minimum absolute atomic E-state index is 0.315. The van der Waals surface area contributed by atoms with E-state index in [0.29, 0.717) is 15.1 Å². The first-order valence-corrected chi connectivity index (χ1v) is 7.36. The topological polar surface area (TPSA) is 26.0 Å². The van der Waals surface area contributed by atoms with Crippen LogP contribution in [0.15, 0.2) is 36.4 Å². The van der Waals surface area contributed by atoms with Crippen molar-refractivity contribution in [2.75, 3.05) is 0 Å². The summed E-state index contributed by atoms with van der Waals surface area (Å²) in [6, 6.07) is 10.7. The highest BCUT2D eigenvalue weighted by Crippen LogP contribution is 2.31. The fourth-order valence-electron chi connectivity index (χ4n) is 1.64. The molecule has 18 heavy (non-hydrogen) atoms. The van der Waals surface area contributed by atoms with Crippen molar-refractivity contribution in [2.45, 2.75) is 6.04 Å². The molecule has 0 amide bonds. The summed E-state index contributed by atoms with van der Waals surface area (Å²) in [5, 5.41) is 1.84. The number of nitrogens with two attached hydrogens (primary N) is 1. The van der Waals surface area contributed by atoms with Crippen molar-refractivity contribution in [1.82, 2.24) is 0 Å². The number of rotatable bonds is 2. The molecule has 0 aliphatic heterocycles. The molecule has 0 fully saturated rings. The van der Waals surface area contributed by atoms with Crippen LogP contribution in [0.2, 0.25) is 15.1 Å². The van der Waals surface area contributed by atoms with E-state index in [1.807, 2.05) is 24.3 Å². The van der Waals surface area contributed by atoms with Crippen LogP contribution in [0.3, 0.4) is 0 Å². The van der Waals surface area contributed by atoms with Crippen molar-refractivity contribution < 1.29 is 0 Å². The summed E-state index contributed by atoms with van der Waals surface area (Å²) in [4.78, 5) is 0. The Hall–Kier alpha value is -0.000000000000000167. The third kappa shape index (κ3) is 3.11. The molecular formula is C13H9Cl3IN. The van der Waals surface area contributed by atoms with E-state index in [0.717, 1.165) is 14.7 Å². The lowest BCUT2D eigenvalue weighted by molar-refractivity contribution is 0.871. The second kappa shape index (κ2) is 5.97. The Morgan fingerprint density at radius 3 is 2.28 bits per heavy atom. The molecule has 0 saturated carbocycles. The molecule has 1 atom stereocenters. The van der Waals surface area contributed by atoms with Crippen molar-refractivity contribution >= 4 is 57.4 Å². The van der Waals surface area contributed by atoms with Crippen molar-refractivity contribution in [1.29, 1.82) is 0 Å². The highest BCUT2D eigenvalue weighted by Gasteiger charge is 2.13. The normalized spacial score (nSPS) is 12.5. The summed E-state index contributed by atoms with van der Waals surface area (Å²) < 4.78 is 0.993. The van der Waals surface area contributed by atoms with Gasteiger partial charge in [-0.1, -0.05) is 46.9 Å². The molecule has 0 radical (unpaired) electrons. The molecule has 94 valence electrons.